The maximum atomic E-state index is 12.1. The summed E-state index contributed by atoms with van der Waals surface area (Å²) in [7, 11) is -3.49. The molecule has 2 aromatic rings. The molecule has 0 aliphatic rings. The molecule has 0 fully saturated rings. The van der Waals surface area contributed by atoms with Gasteiger partial charge in [-0.05, 0) is 35.9 Å². The van der Waals surface area contributed by atoms with Gasteiger partial charge < -0.3 is 0 Å². The van der Waals surface area contributed by atoms with E-state index in [1.54, 1.807) is 24.3 Å². The van der Waals surface area contributed by atoms with Gasteiger partial charge in [0.25, 0.3) is 5.91 Å². The molecule has 0 saturated carbocycles. The van der Waals surface area contributed by atoms with E-state index in [1.165, 1.54) is 12.1 Å². The summed E-state index contributed by atoms with van der Waals surface area (Å²) in [5, 5.41) is 0.620. The molecule has 0 aliphatic carbocycles. The SMILES string of the molecule is CS(=O)(=O)c1ccc(Cl)c(C(=O)NNC(=O)Cc2ccc(Cl)cc2)c1. The summed E-state index contributed by atoms with van der Waals surface area (Å²) in [5.41, 5.74) is 5.11. The molecule has 2 amide bonds. The van der Waals surface area contributed by atoms with Crippen molar-refractivity contribution in [1.82, 2.24) is 10.9 Å². The van der Waals surface area contributed by atoms with Crippen molar-refractivity contribution in [3.63, 3.8) is 0 Å². The van der Waals surface area contributed by atoms with Crippen LogP contribution in [0.2, 0.25) is 10.0 Å². The van der Waals surface area contributed by atoms with Gasteiger partial charge in [-0.2, -0.15) is 0 Å². The minimum atomic E-state index is -3.49. The summed E-state index contributed by atoms with van der Waals surface area (Å²) >= 11 is 11.7. The van der Waals surface area contributed by atoms with Gasteiger partial charge in [0.15, 0.2) is 9.84 Å². The van der Waals surface area contributed by atoms with Crippen LogP contribution >= 0.6 is 23.2 Å². The Morgan fingerprint density at radius 3 is 2.24 bits per heavy atom. The fourth-order valence-corrected chi connectivity index (χ4v) is 2.91. The lowest BCUT2D eigenvalue weighted by Gasteiger charge is -2.10. The van der Waals surface area contributed by atoms with Crippen molar-refractivity contribution < 1.29 is 18.0 Å². The molecule has 132 valence electrons. The molecule has 2 N–H and O–H groups in total. The molecule has 2 aromatic carbocycles. The molecule has 0 heterocycles. The maximum absolute atomic E-state index is 12.1. The van der Waals surface area contributed by atoms with Gasteiger partial charge in [0.2, 0.25) is 5.91 Å². The molecule has 0 bridgehead atoms. The maximum Gasteiger partial charge on any atom is 0.271 e. The Hall–Kier alpha value is -2.09. The van der Waals surface area contributed by atoms with E-state index < -0.39 is 21.7 Å². The van der Waals surface area contributed by atoms with Gasteiger partial charge in [0.05, 0.1) is 21.9 Å². The number of halogens is 2. The quantitative estimate of drug-likeness (QED) is 0.770. The van der Waals surface area contributed by atoms with Gasteiger partial charge in [-0.1, -0.05) is 35.3 Å². The van der Waals surface area contributed by atoms with Gasteiger partial charge >= 0.3 is 0 Å². The molecule has 0 spiro atoms. The number of hydrazine groups is 1. The second-order valence-electron chi connectivity index (χ2n) is 5.22. The number of benzene rings is 2. The summed E-state index contributed by atoms with van der Waals surface area (Å²) in [6.45, 7) is 0. The molecule has 0 atom stereocenters. The highest BCUT2D eigenvalue weighted by Gasteiger charge is 2.16. The summed E-state index contributed by atoms with van der Waals surface area (Å²) in [4.78, 5) is 23.9. The van der Waals surface area contributed by atoms with Crippen LogP contribution in [0.25, 0.3) is 0 Å². The highest BCUT2D eigenvalue weighted by molar-refractivity contribution is 7.90. The van der Waals surface area contributed by atoms with E-state index in [1.807, 2.05) is 0 Å². The van der Waals surface area contributed by atoms with Crippen molar-refractivity contribution in [3.8, 4) is 0 Å². The topological polar surface area (TPSA) is 92.3 Å². The van der Waals surface area contributed by atoms with Crippen LogP contribution < -0.4 is 10.9 Å². The minimum absolute atomic E-state index is 0.0363. The monoisotopic (exact) mass is 400 g/mol. The molecule has 0 unspecified atom stereocenters. The molecule has 0 aliphatic heterocycles. The Labute approximate surface area is 155 Å². The average Bonchev–Trinajstić information content (AvgIpc) is 2.54. The molecule has 0 radical (unpaired) electrons. The number of amides is 2. The highest BCUT2D eigenvalue weighted by atomic mass is 35.5. The molecular weight excluding hydrogens is 387 g/mol. The fraction of sp³-hybridized carbons (Fsp3) is 0.125. The van der Waals surface area contributed by atoms with Crippen molar-refractivity contribution in [2.75, 3.05) is 6.26 Å². The van der Waals surface area contributed by atoms with Gasteiger partial charge in [-0.3, -0.25) is 20.4 Å². The summed E-state index contributed by atoms with van der Waals surface area (Å²) in [6, 6.07) is 10.4. The van der Waals surface area contributed by atoms with E-state index in [0.717, 1.165) is 12.3 Å². The molecule has 9 heteroatoms. The zero-order chi connectivity index (χ0) is 18.6. The fourth-order valence-electron chi connectivity index (χ4n) is 1.93. The van der Waals surface area contributed by atoms with Gasteiger partial charge in [-0.15, -0.1) is 0 Å². The zero-order valence-corrected chi connectivity index (χ0v) is 15.4. The van der Waals surface area contributed by atoms with Crippen LogP contribution in [-0.2, 0) is 21.1 Å². The number of hydrogen-bond donors (Lipinski definition) is 2. The lowest BCUT2D eigenvalue weighted by atomic mass is 10.1. The predicted molar refractivity (Wildman–Crippen MR) is 95.3 cm³/mol. The summed E-state index contributed by atoms with van der Waals surface area (Å²) in [5.74, 6) is -1.17. The molecule has 0 aromatic heterocycles. The lowest BCUT2D eigenvalue weighted by Crippen LogP contribution is -2.42. The third kappa shape index (κ3) is 5.45. The number of hydrogen-bond acceptors (Lipinski definition) is 4. The Kier molecular flexibility index (Phi) is 6.05. The van der Waals surface area contributed by atoms with Crippen molar-refractivity contribution in [2.45, 2.75) is 11.3 Å². The van der Waals surface area contributed by atoms with Crippen molar-refractivity contribution >= 4 is 44.9 Å². The number of carbonyl (C=O) groups is 2. The first-order valence-corrected chi connectivity index (χ1v) is 9.65. The molecule has 2 rings (SSSR count). The minimum Gasteiger partial charge on any atom is -0.273 e. The summed E-state index contributed by atoms with van der Waals surface area (Å²) in [6.07, 6.45) is 1.06. The van der Waals surface area contributed by atoms with Crippen LogP contribution in [-0.4, -0.2) is 26.5 Å². The van der Waals surface area contributed by atoms with E-state index in [4.69, 9.17) is 23.2 Å². The van der Waals surface area contributed by atoms with Gasteiger partial charge in [0.1, 0.15) is 0 Å². The second kappa shape index (κ2) is 7.86. The average molecular weight is 401 g/mol. The standard InChI is InChI=1S/C16H14Cl2N2O4S/c1-25(23,24)12-6-7-14(18)13(9-12)16(22)20-19-15(21)8-10-2-4-11(17)5-3-10/h2-7,9H,8H2,1H3,(H,19,21)(H,20,22). The van der Waals surface area contributed by atoms with Crippen molar-refractivity contribution in [1.29, 1.82) is 0 Å². The van der Waals surface area contributed by atoms with E-state index in [2.05, 4.69) is 10.9 Å². The highest BCUT2D eigenvalue weighted by Crippen LogP contribution is 2.20. The number of carbonyl (C=O) groups excluding carboxylic acids is 2. The predicted octanol–water partition coefficient (Wildman–Crippen LogP) is 2.40. The molecule has 25 heavy (non-hydrogen) atoms. The first kappa shape index (κ1) is 19.2. The van der Waals surface area contributed by atoms with Crippen LogP contribution in [0.5, 0.6) is 0 Å². The van der Waals surface area contributed by atoms with Crippen LogP contribution in [0, 0.1) is 0 Å². The third-order valence-corrected chi connectivity index (χ3v) is 4.90. The molecule has 0 saturated heterocycles. The Morgan fingerprint density at radius 1 is 1.00 bits per heavy atom. The summed E-state index contributed by atoms with van der Waals surface area (Å²) < 4.78 is 23.1. The second-order valence-corrected chi connectivity index (χ2v) is 8.08. The van der Waals surface area contributed by atoms with Gasteiger partial charge in [-0.25, -0.2) is 8.42 Å². The molecular formula is C16H14Cl2N2O4S. The smallest absolute Gasteiger partial charge is 0.271 e. The van der Waals surface area contributed by atoms with Crippen LogP contribution in [0.1, 0.15) is 15.9 Å². The first-order chi connectivity index (χ1) is 11.7. The first-order valence-electron chi connectivity index (χ1n) is 7.00. The Balaban J connectivity index is 2.02. The normalized spacial score (nSPS) is 11.0. The lowest BCUT2D eigenvalue weighted by molar-refractivity contribution is -0.121. The van der Waals surface area contributed by atoms with E-state index in [9.17, 15) is 18.0 Å². The van der Waals surface area contributed by atoms with Crippen LogP contribution in [0.3, 0.4) is 0 Å². The van der Waals surface area contributed by atoms with E-state index in [0.29, 0.717) is 10.6 Å². The Bertz CT molecular complexity index is 912. The van der Waals surface area contributed by atoms with E-state index in [-0.39, 0.29) is 21.9 Å². The van der Waals surface area contributed by atoms with E-state index >= 15 is 0 Å². The van der Waals surface area contributed by atoms with Crippen molar-refractivity contribution in [2.24, 2.45) is 0 Å². The number of rotatable bonds is 4. The van der Waals surface area contributed by atoms with Crippen LogP contribution in [0.15, 0.2) is 47.4 Å². The van der Waals surface area contributed by atoms with Crippen LogP contribution in [0.4, 0.5) is 0 Å². The van der Waals surface area contributed by atoms with Crippen molar-refractivity contribution in [3.05, 3.63) is 63.6 Å². The molecule has 6 nitrogen and oxygen atoms in total. The third-order valence-electron chi connectivity index (χ3n) is 3.20. The number of sulfone groups is 1. The Morgan fingerprint density at radius 2 is 1.64 bits per heavy atom. The number of nitrogens with one attached hydrogen (secondary N) is 2. The zero-order valence-electron chi connectivity index (χ0n) is 13.0. The largest absolute Gasteiger partial charge is 0.273 e. The van der Waals surface area contributed by atoms with Gasteiger partial charge in [0, 0.05) is 11.3 Å².